The number of amides is 1. The molecule has 0 bridgehead atoms. The zero-order chi connectivity index (χ0) is 29.1. The van der Waals surface area contributed by atoms with Gasteiger partial charge in [0.1, 0.15) is 19.0 Å². The zero-order valence-electron chi connectivity index (χ0n) is 23.0. The highest BCUT2D eigenvalue weighted by Gasteiger charge is 2.45. The largest absolute Gasteiger partial charge is 0.458 e. The summed E-state index contributed by atoms with van der Waals surface area (Å²) >= 11 is 0. The molecular formula is C30H31N3O8. The summed E-state index contributed by atoms with van der Waals surface area (Å²) in [4.78, 5) is 43.1. The summed E-state index contributed by atoms with van der Waals surface area (Å²) in [5.74, 6) is 1.96. The van der Waals surface area contributed by atoms with E-state index in [1.54, 1.807) is 35.8 Å². The van der Waals surface area contributed by atoms with Crippen LogP contribution in [0.5, 0.6) is 5.75 Å². The minimum Gasteiger partial charge on any atom is -0.458 e. The number of pyridine rings is 2. The molecule has 11 nitrogen and oxygen atoms in total. The molecule has 2 aliphatic rings. The van der Waals surface area contributed by atoms with Gasteiger partial charge in [-0.25, -0.2) is 14.6 Å². The van der Waals surface area contributed by atoms with Crippen molar-refractivity contribution in [3.8, 4) is 29.5 Å². The Balaban J connectivity index is 1.38. The number of aromatic nitrogens is 2. The van der Waals surface area contributed by atoms with E-state index in [2.05, 4.69) is 11.2 Å². The van der Waals surface area contributed by atoms with Crippen molar-refractivity contribution in [2.24, 2.45) is 0 Å². The van der Waals surface area contributed by atoms with Crippen LogP contribution in [0.1, 0.15) is 42.5 Å². The predicted octanol–water partition coefficient (Wildman–Crippen LogP) is 2.40. The van der Waals surface area contributed by atoms with Crippen molar-refractivity contribution < 1.29 is 33.6 Å². The number of nitrogens with zero attached hydrogens (tertiary/aromatic N) is 2. The molecule has 0 spiro atoms. The number of benzene rings is 1. The van der Waals surface area contributed by atoms with Gasteiger partial charge in [-0.1, -0.05) is 19.8 Å². The van der Waals surface area contributed by atoms with Crippen LogP contribution in [0.2, 0.25) is 0 Å². The number of cyclic esters (lactones) is 1. The standard InChI is InChI=1S/C30H31N3O8/c1-4-10-38-12-13-39-11-9-31-29(36)41-18-7-8-24-20(14-18)19(5-2)21-16-33-25(26(21)32-24)15-23-22(27(33)34)17-40-28(35)30(23,37)6-3/h1,7-8,14-15,37H,5-6,9-13,16-17H2,2-3H3,(H,31,36)/t30-/m0/s1. The Morgan fingerprint density at radius 1 is 1.20 bits per heavy atom. The van der Waals surface area contributed by atoms with E-state index in [4.69, 9.17) is 30.4 Å². The summed E-state index contributed by atoms with van der Waals surface area (Å²) in [6.07, 6.45) is 5.20. The maximum Gasteiger partial charge on any atom is 0.412 e. The molecule has 11 heteroatoms. The SMILES string of the molecule is C#CCOCCOCCNC(=O)Oc1ccc2nc3c(c(CC)c2c1)Cn1c-3cc2c(c1=O)COC(=O)[C@]2(O)CC. The van der Waals surface area contributed by atoms with Crippen LogP contribution in [0, 0.1) is 12.3 Å². The van der Waals surface area contributed by atoms with E-state index in [9.17, 15) is 19.5 Å². The lowest BCUT2D eigenvalue weighted by Gasteiger charge is -2.31. The van der Waals surface area contributed by atoms with Gasteiger partial charge in [-0.2, -0.15) is 0 Å². The molecule has 1 atom stereocenters. The van der Waals surface area contributed by atoms with Gasteiger partial charge in [-0.15, -0.1) is 6.42 Å². The van der Waals surface area contributed by atoms with Crippen molar-refractivity contribution in [3.05, 3.63) is 56.9 Å². The number of carbonyl (C=O) groups is 2. The molecule has 0 unspecified atom stereocenters. The monoisotopic (exact) mass is 561 g/mol. The third-order valence-electron chi connectivity index (χ3n) is 7.41. The van der Waals surface area contributed by atoms with Gasteiger partial charge in [-0.05, 0) is 42.7 Å². The minimum absolute atomic E-state index is 0.0748. The molecule has 2 aliphatic heterocycles. The first-order valence-corrected chi connectivity index (χ1v) is 13.5. The minimum atomic E-state index is -1.88. The number of carbonyl (C=O) groups excluding carboxylic acids is 2. The summed E-state index contributed by atoms with van der Waals surface area (Å²) in [6.45, 7) is 5.31. The average Bonchev–Trinajstić information content (AvgIpc) is 3.34. The van der Waals surface area contributed by atoms with E-state index in [0.29, 0.717) is 55.4 Å². The van der Waals surface area contributed by atoms with Crippen LogP contribution in [0.25, 0.3) is 22.3 Å². The third-order valence-corrected chi connectivity index (χ3v) is 7.41. The molecule has 0 saturated carbocycles. The quantitative estimate of drug-likeness (QED) is 0.170. The first-order valence-electron chi connectivity index (χ1n) is 13.5. The van der Waals surface area contributed by atoms with E-state index < -0.39 is 17.7 Å². The first-order chi connectivity index (χ1) is 19.8. The van der Waals surface area contributed by atoms with Crippen LogP contribution in [0.4, 0.5) is 4.79 Å². The Labute approximate surface area is 236 Å². The molecule has 2 aromatic heterocycles. The van der Waals surface area contributed by atoms with Gasteiger partial charge in [0, 0.05) is 23.1 Å². The number of nitrogens with one attached hydrogen (secondary N) is 1. The van der Waals surface area contributed by atoms with Gasteiger partial charge in [0.05, 0.1) is 48.8 Å². The number of ether oxygens (including phenoxy) is 4. The zero-order valence-corrected chi connectivity index (χ0v) is 23.0. The number of esters is 1. The number of aliphatic hydroxyl groups is 1. The second kappa shape index (κ2) is 11.7. The molecule has 0 fully saturated rings. The number of rotatable bonds is 10. The molecule has 0 aliphatic carbocycles. The Kier molecular flexibility index (Phi) is 8.08. The average molecular weight is 562 g/mol. The first kappa shape index (κ1) is 28.3. The highest BCUT2D eigenvalue weighted by Crippen LogP contribution is 2.40. The van der Waals surface area contributed by atoms with Gasteiger partial charge in [0.25, 0.3) is 5.56 Å². The van der Waals surface area contributed by atoms with Crippen LogP contribution < -0.4 is 15.6 Å². The molecule has 4 heterocycles. The van der Waals surface area contributed by atoms with Gasteiger partial charge in [-0.3, -0.25) is 4.79 Å². The number of hydrogen-bond donors (Lipinski definition) is 2. The Hall–Kier alpha value is -4.24. The fourth-order valence-corrected chi connectivity index (χ4v) is 5.33. The maximum absolute atomic E-state index is 13.5. The summed E-state index contributed by atoms with van der Waals surface area (Å²) in [5, 5.41) is 14.5. The number of fused-ring (bicyclic) bond motifs is 5. The molecule has 214 valence electrons. The summed E-state index contributed by atoms with van der Waals surface area (Å²) in [5.41, 5.74) is 2.03. The molecule has 1 amide bonds. The molecule has 0 saturated heterocycles. The van der Waals surface area contributed by atoms with Gasteiger partial charge >= 0.3 is 12.1 Å². The normalized spacial score (nSPS) is 16.9. The maximum atomic E-state index is 13.5. The summed E-state index contributed by atoms with van der Waals surface area (Å²) in [6, 6.07) is 6.87. The highest BCUT2D eigenvalue weighted by molar-refractivity contribution is 5.90. The van der Waals surface area contributed by atoms with E-state index in [1.807, 2.05) is 6.92 Å². The smallest absolute Gasteiger partial charge is 0.412 e. The van der Waals surface area contributed by atoms with Crippen molar-refractivity contribution in [1.82, 2.24) is 14.9 Å². The predicted molar refractivity (Wildman–Crippen MR) is 148 cm³/mol. The van der Waals surface area contributed by atoms with Crippen molar-refractivity contribution in [3.63, 3.8) is 0 Å². The molecule has 5 rings (SSSR count). The lowest BCUT2D eigenvalue weighted by Crippen LogP contribution is -2.44. The lowest BCUT2D eigenvalue weighted by atomic mass is 9.86. The molecule has 41 heavy (non-hydrogen) atoms. The number of aryl methyl sites for hydroxylation is 1. The van der Waals surface area contributed by atoms with E-state index >= 15 is 0 Å². The van der Waals surface area contributed by atoms with Crippen LogP contribution in [-0.2, 0) is 44.2 Å². The van der Waals surface area contributed by atoms with E-state index in [-0.39, 0.29) is 42.9 Å². The Bertz CT molecular complexity index is 1620. The fourth-order valence-electron chi connectivity index (χ4n) is 5.33. The molecular weight excluding hydrogens is 530 g/mol. The van der Waals surface area contributed by atoms with Crippen molar-refractivity contribution in [2.75, 3.05) is 33.0 Å². The van der Waals surface area contributed by atoms with Crippen LogP contribution in [-0.4, -0.2) is 59.7 Å². The second-order valence-electron chi connectivity index (χ2n) is 9.74. The van der Waals surface area contributed by atoms with Gasteiger partial charge in [0.15, 0.2) is 5.60 Å². The van der Waals surface area contributed by atoms with Crippen LogP contribution in [0.3, 0.4) is 0 Å². The van der Waals surface area contributed by atoms with Crippen LogP contribution >= 0.6 is 0 Å². The summed E-state index contributed by atoms with van der Waals surface area (Å²) in [7, 11) is 0. The molecule has 2 N–H and O–H groups in total. The number of hydrogen-bond acceptors (Lipinski definition) is 9. The second-order valence-corrected chi connectivity index (χ2v) is 9.74. The van der Waals surface area contributed by atoms with Crippen molar-refractivity contribution in [2.45, 2.75) is 45.4 Å². The topological polar surface area (TPSA) is 138 Å². The van der Waals surface area contributed by atoms with Gasteiger partial charge in [0.2, 0.25) is 0 Å². The van der Waals surface area contributed by atoms with Gasteiger partial charge < -0.3 is 33.9 Å². The Morgan fingerprint density at radius 3 is 2.76 bits per heavy atom. The van der Waals surface area contributed by atoms with E-state index in [0.717, 1.165) is 16.5 Å². The molecule has 1 aromatic carbocycles. The van der Waals surface area contributed by atoms with E-state index in [1.165, 1.54) is 0 Å². The van der Waals surface area contributed by atoms with Crippen molar-refractivity contribution in [1.29, 1.82) is 0 Å². The van der Waals surface area contributed by atoms with Crippen molar-refractivity contribution >= 4 is 23.0 Å². The van der Waals surface area contributed by atoms with Crippen LogP contribution in [0.15, 0.2) is 29.1 Å². The fraction of sp³-hybridized carbons (Fsp3) is 0.400. The highest BCUT2D eigenvalue weighted by atomic mass is 16.6. The molecule has 3 aromatic rings. The lowest BCUT2D eigenvalue weighted by molar-refractivity contribution is -0.172. The Morgan fingerprint density at radius 2 is 2.00 bits per heavy atom. The number of terminal acetylenes is 1. The molecule has 0 radical (unpaired) electrons. The third kappa shape index (κ3) is 5.17. The summed E-state index contributed by atoms with van der Waals surface area (Å²) < 4.78 is 22.7.